The van der Waals surface area contributed by atoms with Crippen LogP contribution in [0.2, 0.25) is 0 Å². The molecule has 0 spiro atoms. The second kappa shape index (κ2) is 17.2. The molecule has 10 nitrogen and oxygen atoms in total. The molecular weight excluding hydrogens is 613 g/mol. The monoisotopic (exact) mass is 660 g/mol. The van der Waals surface area contributed by atoms with Crippen LogP contribution in [0.25, 0.3) is 0 Å². The van der Waals surface area contributed by atoms with Gasteiger partial charge >= 0.3 is 0 Å². The number of hydrogen-bond donors (Lipinski definition) is 4. The summed E-state index contributed by atoms with van der Waals surface area (Å²) in [6, 6.07) is 12.5. The molecule has 2 fully saturated rings. The minimum absolute atomic E-state index is 0.00789. The molecule has 4 rings (SSSR count). The summed E-state index contributed by atoms with van der Waals surface area (Å²) in [7, 11) is -7.15. The van der Waals surface area contributed by atoms with Crippen molar-refractivity contribution in [2.75, 3.05) is 10.6 Å². The predicted molar refractivity (Wildman–Crippen MR) is 177 cm³/mol. The quantitative estimate of drug-likeness (QED) is 0.157. The topological polar surface area (TPSA) is 151 Å². The van der Waals surface area contributed by atoms with Gasteiger partial charge in [0.15, 0.2) is 0 Å². The lowest BCUT2D eigenvalue weighted by atomic mass is 9.96. The van der Waals surface area contributed by atoms with Gasteiger partial charge in [-0.1, -0.05) is 57.8 Å². The van der Waals surface area contributed by atoms with Crippen molar-refractivity contribution in [3.63, 3.8) is 0 Å². The summed E-state index contributed by atoms with van der Waals surface area (Å²) >= 11 is 0. The molecule has 248 valence electrons. The van der Waals surface area contributed by atoms with E-state index in [-0.39, 0.29) is 33.7 Å². The number of benzene rings is 2. The molecule has 0 heterocycles. The van der Waals surface area contributed by atoms with Crippen LogP contribution in [0.15, 0.2) is 58.3 Å². The van der Waals surface area contributed by atoms with Crippen molar-refractivity contribution in [1.82, 2.24) is 9.44 Å². The highest BCUT2D eigenvalue weighted by Gasteiger charge is 2.23. The van der Waals surface area contributed by atoms with Gasteiger partial charge in [0.1, 0.15) is 0 Å². The van der Waals surface area contributed by atoms with E-state index in [2.05, 4.69) is 20.1 Å². The summed E-state index contributed by atoms with van der Waals surface area (Å²) in [5.74, 6) is -0.234. The van der Waals surface area contributed by atoms with Crippen molar-refractivity contribution >= 4 is 43.2 Å². The van der Waals surface area contributed by atoms with Crippen LogP contribution < -0.4 is 20.1 Å². The molecule has 0 bridgehead atoms. The van der Waals surface area contributed by atoms with Crippen molar-refractivity contribution in [3.05, 3.63) is 48.5 Å². The van der Waals surface area contributed by atoms with E-state index < -0.39 is 20.0 Å². The summed E-state index contributed by atoms with van der Waals surface area (Å²) in [5, 5.41) is 5.66. The molecule has 4 N–H and O–H groups in total. The van der Waals surface area contributed by atoms with Crippen molar-refractivity contribution in [2.24, 2.45) is 0 Å². The van der Waals surface area contributed by atoms with Crippen molar-refractivity contribution in [1.29, 1.82) is 0 Å². The smallest absolute Gasteiger partial charge is 0.240 e. The van der Waals surface area contributed by atoms with Crippen LogP contribution in [0.3, 0.4) is 0 Å². The number of sulfonamides is 2. The molecule has 0 radical (unpaired) electrons. The van der Waals surface area contributed by atoms with E-state index in [1.807, 2.05) is 0 Å². The van der Waals surface area contributed by atoms with E-state index in [1.54, 1.807) is 24.3 Å². The molecule has 2 aliphatic carbocycles. The third kappa shape index (κ3) is 11.8. The number of amides is 2. The average molecular weight is 661 g/mol. The van der Waals surface area contributed by atoms with E-state index in [9.17, 15) is 26.4 Å². The average Bonchev–Trinajstić information content (AvgIpc) is 3.02. The molecule has 0 unspecified atom stereocenters. The Kier molecular flexibility index (Phi) is 13.4. The second-order valence-electron chi connectivity index (χ2n) is 12.3. The maximum atomic E-state index is 12.7. The molecule has 0 atom stereocenters. The number of unbranched alkanes of at least 4 members (excludes halogenated alkanes) is 4. The van der Waals surface area contributed by atoms with Gasteiger partial charge in [-0.2, -0.15) is 0 Å². The van der Waals surface area contributed by atoms with Gasteiger partial charge in [-0.3, -0.25) is 9.59 Å². The molecule has 2 aliphatic rings. The van der Waals surface area contributed by atoms with Crippen LogP contribution in [0, 0.1) is 0 Å². The Morgan fingerprint density at radius 2 is 0.844 bits per heavy atom. The molecule has 45 heavy (non-hydrogen) atoms. The van der Waals surface area contributed by atoms with Crippen LogP contribution in [0.4, 0.5) is 11.4 Å². The Morgan fingerprint density at radius 3 is 1.20 bits per heavy atom. The van der Waals surface area contributed by atoms with Crippen LogP contribution in [-0.2, 0) is 29.6 Å². The lowest BCUT2D eigenvalue weighted by molar-refractivity contribution is -0.117. The van der Waals surface area contributed by atoms with Crippen molar-refractivity contribution in [2.45, 2.75) is 131 Å². The first-order chi connectivity index (χ1) is 21.6. The largest absolute Gasteiger partial charge is 0.326 e. The Morgan fingerprint density at radius 1 is 0.511 bits per heavy atom. The number of carbonyl (C=O) groups is 2. The molecular formula is C33H48N4O6S2. The molecule has 0 saturated heterocycles. The Labute approximate surface area is 268 Å². The maximum absolute atomic E-state index is 12.7. The number of anilines is 2. The van der Waals surface area contributed by atoms with Gasteiger partial charge in [-0.05, 0) is 87.1 Å². The Balaban J connectivity index is 1.06. The number of rotatable bonds is 16. The zero-order valence-electron chi connectivity index (χ0n) is 26.1. The molecule has 0 aliphatic heterocycles. The SMILES string of the molecule is O=C(CCCCCCCC(=O)Nc1ccc(S(=O)(=O)NC2CCCCC2)cc1)Nc1ccc(S(=O)(=O)NC2CCCCC2)cc1. The third-order valence-corrected chi connectivity index (χ3v) is 11.6. The molecule has 0 aromatic heterocycles. The van der Waals surface area contributed by atoms with Gasteiger partial charge in [-0.25, -0.2) is 26.3 Å². The van der Waals surface area contributed by atoms with Crippen LogP contribution in [0.1, 0.15) is 109 Å². The van der Waals surface area contributed by atoms with Gasteiger partial charge in [0.05, 0.1) is 9.79 Å². The molecule has 2 aromatic rings. The van der Waals surface area contributed by atoms with Crippen molar-refractivity contribution < 1.29 is 26.4 Å². The Hall–Kier alpha value is -2.80. The van der Waals surface area contributed by atoms with Gasteiger partial charge in [0.25, 0.3) is 0 Å². The van der Waals surface area contributed by atoms with Gasteiger partial charge in [0, 0.05) is 36.3 Å². The van der Waals surface area contributed by atoms with E-state index in [4.69, 9.17) is 0 Å². The van der Waals surface area contributed by atoms with Gasteiger partial charge in [0.2, 0.25) is 31.9 Å². The van der Waals surface area contributed by atoms with Gasteiger partial charge in [-0.15, -0.1) is 0 Å². The van der Waals surface area contributed by atoms with Crippen LogP contribution in [0.5, 0.6) is 0 Å². The van der Waals surface area contributed by atoms with Gasteiger partial charge < -0.3 is 10.6 Å². The Bertz CT molecular complexity index is 1340. The summed E-state index contributed by atoms with van der Waals surface area (Å²) in [6.45, 7) is 0. The first kappa shape index (κ1) is 35.1. The standard InChI is InChI=1S/C33H48N4O6S2/c38-32(34-26-18-22-30(23-19-26)44(40,41)36-28-12-6-4-7-13-28)16-10-2-1-3-11-17-33(39)35-27-20-24-31(25-21-27)45(42,43)37-29-14-8-5-9-15-29/h18-25,28-29,36-37H,1-17H2,(H,34,38)(H,35,39). The lowest BCUT2D eigenvalue weighted by Crippen LogP contribution is -2.36. The number of hydrogen-bond acceptors (Lipinski definition) is 6. The lowest BCUT2D eigenvalue weighted by Gasteiger charge is -2.22. The molecule has 2 amide bonds. The highest BCUT2D eigenvalue weighted by atomic mass is 32.2. The minimum atomic E-state index is -3.57. The minimum Gasteiger partial charge on any atom is -0.326 e. The first-order valence-electron chi connectivity index (χ1n) is 16.5. The third-order valence-electron chi connectivity index (χ3n) is 8.56. The van der Waals surface area contributed by atoms with Crippen molar-refractivity contribution in [3.8, 4) is 0 Å². The number of carbonyl (C=O) groups excluding carboxylic acids is 2. The van der Waals surface area contributed by atoms with E-state index in [1.165, 1.54) is 24.3 Å². The fraction of sp³-hybridized carbons (Fsp3) is 0.576. The summed E-state index contributed by atoms with van der Waals surface area (Å²) in [4.78, 5) is 25.1. The van der Waals surface area contributed by atoms with Crippen LogP contribution >= 0.6 is 0 Å². The summed E-state index contributed by atoms with van der Waals surface area (Å²) in [5.41, 5.74) is 1.13. The predicted octanol–water partition coefficient (Wildman–Crippen LogP) is 6.22. The first-order valence-corrected chi connectivity index (χ1v) is 19.4. The fourth-order valence-corrected chi connectivity index (χ4v) is 8.61. The zero-order chi connectivity index (χ0) is 32.1. The molecule has 12 heteroatoms. The summed E-state index contributed by atoms with van der Waals surface area (Å²) in [6.07, 6.45) is 14.8. The highest BCUT2D eigenvalue weighted by molar-refractivity contribution is 7.89. The number of nitrogens with one attached hydrogen (secondary N) is 4. The highest BCUT2D eigenvalue weighted by Crippen LogP contribution is 2.22. The molecule has 2 aromatic carbocycles. The normalized spacial score (nSPS) is 16.7. The maximum Gasteiger partial charge on any atom is 0.240 e. The fourth-order valence-electron chi connectivity index (χ4n) is 6.00. The van der Waals surface area contributed by atoms with Crippen LogP contribution in [-0.4, -0.2) is 40.7 Å². The second-order valence-corrected chi connectivity index (χ2v) is 15.8. The van der Waals surface area contributed by atoms with E-state index in [0.717, 1.165) is 96.3 Å². The summed E-state index contributed by atoms with van der Waals surface area (Å²) < 4.78 is 56.2. The zero-order valence-corrected chi connectivity index (χ0v) is 27.7. The molecule has 2 saturated carbocycles. The van der Waals surface area contributed by atoms with E-state index in [0.29, 0.717) is 24.2 Å². The van der Waals surface area contributed by atoms with E-state index >= 15 is 0 Å².